The molecule has 4 nitrogen and oxygen atoms in total. The van der Waals surface area contributed by atoms with Crippen LogP contribution in [0.5, 0.6) is 11.5 Å². The third-order valence-corrected chi connectivity index (χ3v) is 7.00. The number of nitrogens with zero attached hydrogens (tertiary/aromatic N) is 2. The molecule has 4 aromatic carbocycles. The van der Waals surface area contributed by atoms with E-state index in [1.165, 1.54) is 36.7 Å². The van der Waals surface area contributed by atoms with Crippen LogP contribution in [0.4, 0.5) is 8.78 Å². The monoisotopic (exact) mass is 827 g/mol. The van der Waals surface area contributed by atoms with Crippen molar-refractivity contribution in [3.05, 3.63) is 125 Å². The van der Waals surface area contributed by atoms with Crippen molar-refractivity contribution in [1.29, 1.82) is 0 Å². The van der Waals surface area contributed by atoms with Gasteiger partial charge in [0.25, 0.3) is 0 Å². The summed E-state index contributed by atoms with van der Waals surface area (Å²) in [5.74, 6) is -0.756. The van der Waals surface area contributed by atoms with E-state index in [1.807, 2.05) is 0 Å². The fourth-order valence-corrected chi connectivity index (χ4v) is 5.55. The van der Waals surface area contributed by atoms with Crippen molar-refractivity contribution in [2.45, 2.75) is 13.1 Å². The van der Waals surface area contributed by atoms with Gasteiger partial charge in [0.05, 0.1) is 13.1 Å². The van der Waals surface area contributed by atoms with Crippen molar-refractivity contribution < 1.29 is 35.8 Å². The van der Waals surface area contributed by atoms with E-state index in [0.29, 0.717) is 33.2 Å². The molecule has 1 radical (unpaired) electrons. The molecule has 0 aliphatic rings. The molecular formula is C28H18Br4CoF2N2O2. The van der Waals surface area contributed by atoms with E-state index in [0.717, 1.165) is 20.1 Å². The maximum atomic E-state index is 12.7. The largest absolute Gasteiger partial charge is 2.00 e. The molecule has 0 aromatic heterocycles. The van der Waals surface area contributed by atoms with Crippen LogP contribution in [0, 0.1) is 11.6 Å². The van der Waals surface area contributed by atoms with Crippen LogP contribution in [0.1, 0.15) is 22.3 Å². The number of benzene rings is 4. The van der Waals surface area contributed by atoms with Crippen molar-refractivity contribution in [2.24, 2.45) is 9.98 Å². The molecule has 0 saturated heterocycles. The SMILES string of the molecule is [Co+2].[O-]c1c(Br)cc(Br)cc1C=NCc1ccc(F)cc1.[O-]c1c(Br)cc(Br)cc1C=NCc1ccc(F)cc1. The predicted molar refractivity (Wildman–Crippen MR) is 158 cm³/mol. The zero-order valence-corrected chi connectivity index (χ0v) is 27.2. The van der Waals surface area contributed by atoms with Crippen molar-refractivity contribution in [1.82, 2.24) is 0 Å². The van der Waals surface area contributed by atoms with E-state index in [4.69, 9.17) is 0 Å². The Hall–Kier alpha value is -1.89. The second-order valence-electron chi connectivity index (χ2n) is 7.80. The molecule has 0 aliphatic heterocycles. The first-order valence-corrected chi connectivity index (χ1v) is 14.1. The number of aliphatic imine (C=N–C) groups is 2. The first-order valence-electron chi connectivity index (χ1n) is 10.9. The topological polar surface area (TPSA) is 70.8 Å². The van der Waals surface area contributed by atoms with Crippen molar-refractivity contribution in [2.75, 3.05) is 0 Å². The molecule has 0 heterocycles. The maximum Gasteiger partial charge on any atom is 2.00 e. The molecule has 0 aliphatic carbocycles. The Balaban J connectivity index is 0.000000267. The molecule has 0 amide bonds. The van der Waals surface area contributed by atoms with Gasteiger partial charge in [0, 0.05) is 30.3 Å². The van der Waals surface area contributed by atoms with Gasteiger partial charge in [-0.1, -0.05) is 99.5 Å². The van der Waals surface area contributed by atoms with Crippen LogP contribution in [-0.4, -0.2) is 12.4 Å². The van der Waals surface area contributed by atoms with Crippen molar-refractivity contribution in [3.8, 4) is 11.5 Å². The fraction of sp³-hybridized carbons (Fsp3) is 0.0714. The van der Waals surface area contributed by atoms with Crippen LogP contribution in [-0.2, 0) is 29.9 Å². The first-order chi connectivity index (χ1) is 18.1. The molecular weight excluding hydrogens is 813 g/mol. The Labute approximate surface area is 269 Å². The normalized spacial score (nSPS) is 10.8. The minimum absolute atomic E-state index is 0. The zero-order chi connectivity index (χ0) is 27.7. The summed E-state index contributed by atoms with van der Waals surface area (Å²) in [4.78, 5) is 8.39. The van der Waals surface area contributed by atoms with E-state index in [9.17, 15) is 19.0 Å². The quantitative estimate of drug-likeness (QED) is 0.185. The zero-order valence-electron chi connectivity index (χ0n) is 19.8. The molecule has 203 valence electrons. The number of hydrogen-bond acceptors (Lipinski definition) is 4. The standard InChI is InChI=1S/2C14H10Br2FNO.Co/c2*15-11-5-10(14(19)13(16)6-11)8-18-7-9-1-3-12(17)4-2-9;/h2*1-6,8,19H,7H2;/q;;+2/p-2. The molecule has 11 heteroatoms. The summed E-state index contributed by atoms with van der Waals surface area (Å²) in [6.45, 7) is 0.813. The van der Waals surface area contributed by atoms with Gasteiger partial charge in [-0.3, -0.25) is 9.98 Å². The maximum absolute atomic E-state index is 12.7. The Bertz CT molecular complexity index is 1340. The molecule has 4 rings (SSSR count). The van der Waals surface area contributed by atoms with Gasteiger partial charge >= 0.3 is 16.8 Å². The number of halogens is 6. The first kappa shape index (κ1) is 33.3. The minimum Gasteiger partial charge on any atom is -0.871 e. The van der Waals surface area contributed by atoms with Crippen LogP contribution < -0.4 is 10.2 Å². The summed E-state index contributed by atoms with van der Waals surface area (Å²) in [7, 11) is 0. The van der Waals surface area contributed by atoms with E-state index < -0.39 is 0 Å². The van der Waals surface area contributed by atoms with Gasteiger partial charge in [0.15, 0.2) is 0 Å². The van der Waals surface area contributed by atoms with Gasteiger partial charge in [-0.25, -0.2) is 8.78 Å². The van der Waals surface area contributed by atoms with Crippen LogP contribution >= 0.6 is 63.7 Å². The smallest absolute Gasteiger partial charge is 0.871 e. The third-order valence-electron chi connectivity index (χ3n) is 4.91. The summed E-state index contributed by atoms with van der Waals surface area (Å²) in [6, 6.07) is 19.0. The average Bonchev–Trinajstić information content (AvgIpc) is 2.88. The van der Waals surface area contributed by atoms with Crippen LogP contribution in [0.15, 0.2) is 101 Å². The molecule has 0 spiro atoms. The Morgan fingerprint density at radius 1 is 0.590 bits per heavy atom. The van der Waals surface area contributed by atoms with Gasteiger partial charge in [-0.2, -0.15) is 0 Å². The number of hydrogen-bond donors (Lipinski definition) is 0. The molecule has 4 aromatic rings. The average molecular weight is 831 g/mol. The summed E-state index contributed by atoms with van der Waals surface area (Å²) in [5.41, 5.74) is 2.78. The fourth-order valence-electron chi connectivity index (χ4n) is 3.03. The molecule has 0 fully saturated rings. The summed E-state index contributed by atoms with van der Waals surface area (Å²) < 4.78 is 28.0. The number of rotatable bonds is 6. The van der Waals surface area contributed by atoms with Gasteiger partial charge in [-0.05, 0) is 70.8 Å². The van der Waals surface area contributed by atoms with E-state index in [-0.39, 0.29) is 39.9 Å². The minimum atomic E-state index is -0.273. The second-order valence-corrected chi connectivity index (χ2v) is 11.3. The molecule has 0 N–H and O–H groups in total. The summed E-state index contributed by atoms with van der Waals surface area (Å²) >= 11 is 13.0. The Kier molecular flexibility index (Phi) is 14.0. The Morgan fingerprint density at radius 2 is 0.923 bits per heavy atom. The van der Waals surface area contributed by atoms with E-state index in [1.54, 1.807) is 48.5 Å². The van der Waals surface area contributed by atoms with Crippen molar-refractivity contribution in [3.63, 3.8) is 0 Å². The van der Waals surface area contributed by atoms with Gasteiger partial charge < -0.3 is 10.2 Å². The van der Waals surface area contributed by atoms with Crippen LogP contribution in [0.25, 0.3) is 0 Å². The molecule has 0 saturated carbocycles. The van der Waals surface area contributed by atoms with Crippen LogP contribution in [0.2, 0.25) is 0 Å². The van der Waals surface area contributed by atoms with Gasteiger partial charge in [0.2, 0.25) is 0 Å². The third kappa shape index (κ3) is 10.9. The molecule has 39 heavy (non-hydrogen) atoms. The van der Waals surface area contributed by atoms with Gasteiger partial charge in [-0.15, -0.1) is 0 Å². The molecule has 0 unspecified atom stereocenters. The van der Waals surface area contributed by atoms with E-state index in [2.05, 4.69) is 73.7 Å². The Morgan fingerprint density at radius 3 is 1.26 bits per heavy atom. The molecule has 0 atom stereocenters. The van der Waals surface area contributed by atoms with Crippen LogP contribution in [0.3, 0.4) is 0 Å². The molecule has 0 bridgehead atoms. The summed E-state index contributed by atoms with van der Waals surface area (Å²) in [6.07, 6.45) is 3.06. The predicted octanol–water partition coefficient (Wildman–Crippen LogP) is 8.08. The summed E-state index contributed by atoms with van der Waals surface area (Å²) in [5, 5.41) is 23.6. The van der Waals surface area contributed by atoms with E-state index >= 15 is 0 Å². The second kappa shape index (κ2) is 16.4. The van der Waals surface area contributed by atoms with Crippen molar-refractivity contribution >= 4 is 76.1 Å². The van der Waals surface area contributed by atoms with Gasteiger partial charge in [0.1, 0.15) is 11.6 Å².